The maximum absolute atomic E-state index is 3.68. The minimum atomic E-state index is 0.440. The van der Waals surface area contributed by atoms with E-state index in [1.165, 1.54) is 45.1 Å². The zero-order valence-electron chi connectivity index (χ0n) is 12.3. The molecular weight excluding hydrogens is 206 g/mol. The molecule has 1 heteroatoms. The Morgan fingerprint density at radius 3 is 2.41 bits per heavy atom. The fourth-order valence-electron chi connectivity index (χ4n) is 2.99. The number of nitrogens with one attached hydrogen (secondary N) is 1. The first-order valence-corrected chi connectivity index (χ1v) is 7.55. The van der Waals surface area contributed by atoms with E-state index in [-0.39, 0.29) is 0 Å². The van der Waals surface area contributed by atoms with Gasteiger partial charge in [-0.15, -0.1) is 0 Å². The van der Waals surface area contributed by atoms with Gasteiger partial charge in [0.1, 0.15) is 0 Å². The summed E-state index contributed by atoms with van der Waals surface area (Å²) < 4.78 is 0. The van der Waals surface area contributed by atoms with Crippen molar-refractivity contribution in [1.29, 1.82) is 0 Å². The normalized spacial score (nSPS) is 17.4. The Morgan fingerprint density at radius 1 is 1.24 bits per heavy atom. The Morgan fingerprint density at radius 2 is 1.94 bits per heavy atom. The maximum Gasteiger partial charge on any atom is 0.00451 e. The predicted molar refractivity (Wildman–Crippen MR) is 77.3 cm³/mol. The maximum atomic E-state index is 3.68. The van der Waals surface area contributed by atoms with E-state index in [0.29, 0.717) is 5.41 Å². The van der Waals surface area contributed by atoms with Crippen molar-refractivity contribution in [2.45, 2.75) is 66.2 Å². The zero-order chi connectivity index (χ0) is 12.7. The van der Waals surface area contributed by atoms with Crippen LogP contribution in [0.4, 0.5) is 0 Å². The molecule has 0 heterocycles. The summed E-state index contributed by atoms with van der Waals surface area (Å²) in [6, 6.07) is 0. The molecule has 1 aliphatic carbocycles. The molecule has 100 valence electrons. The van der Waals surface area contributed by atoms with Crippen LogP contribution in [0.15, 0.2) is 11.6 Å². The molecule has 0 spiro atoms. The van der Waals surface area contributed by atoms with Crippen molar-refractivity contribution in [3.8, 4) is 0 Å². The first-order valence-electron chi connectivity index (χ1n) is 7.55. The molecule has 0 unspecified atom stereocenters. The average Bonchev–Trinajstić information content (AvgIpc) is 2.36. The highest BCUT2D eigenvalue weighted by atomic mass is 14.9. The molecule has 0 amide bonds. The molecule has 0 saturated carbocycles. The van der Waals surface area contributed by atoms with Crippen LogP contribution in [0, 0.1) is 11.3 Å². The number of rotatable bonds is 7. The molecule has 0 fully saturated rings. The van der Waals surface area contributed by atoms with Crippen LogP contribution in [0.2, 0.25) is 0 Å². The van der Waals surface area contributed by atoms with Gasteiger partial charge in [0.25, 0.3) is 0 Å². The lowest BCUT2D eigenvalue weighted by molar-refractivity contribution is 0.287. The third-order valence-electron chi connectivity index (χ3n) is 4.34. The number of hydrogen-bond donors (Lipinski definition) is 1. The lowest BCUT2D eigenvalue weighted by atomic mass is 9.71. The standard InChI is InChI=1S/C16H31N/c1-5-16(6-2,13-17-12-14(3)4)15-10-8-7-9-11-15/h10,14,17H,5-9,11-13H2,1-4H3. The monoisotopic (exact) mass is 237 g/mol. The van der Waals surface area contributed by atoms with Gasteiger partial charge >= 0.3 is 0 Å². The highest BCUT2D eigenvalue weighted by Crippen LogP contribution is 2.39. The minimum Gasteiger partial charge on any atom is -0.316 e. The van der Waals surface area contributed by atoms with Crippen molar-refractivity contribution in [3.05, 3.63) is 11.6 Å². The molecule has 0 aromatic rings. The SMILES string of the molecule is CCC(CC)(CNCC(C)C)C1=CCCCC1. The summed E-state index contributed by atoms with van der Waals surface area (Å²) in [5, 5.41) is 3.68. The first kappa shape index (κ1) is 14.8. The van der Waals surface area contributed by atoms with E-state index in [9.17, 15) is 0 Å². The summed E-state index contributed by atoms with van der Waals surface area (Å²) in [5.74, 6) is 0.752. The molecule has 0 aromatic heterocycles. The van der Waals surface area contributed by atoms with Gasteiger partial charge in [0.2, 0.25) is 0 Å². The first-order chi connectivity index (χ1) is 8.14. The minimum absolute atomic E-state index is 0.440. The van der Waals surface area contributed by atoms with Gasteiger partial charge < -0.3 is 5.32 Å². The molecule has 1 N–H and O–H groups in total. The Bertz CT molecular complexity index is 236. The second-order valence-electron chi connectivity index (χ2n) is 5.99. The van der Waals surface area contributed by atoms with E-state index in [4.69, 9.17) is 0 Å². The van der Waals surface area contributed by atoms with Crippen LogP contribution in [0.5, 0.6) is 0 Å². The topological polar surface area (TPSA) is 12.0 Å². The fourth-order valence-corrected chi connectivity index (χ4v) is 2.99. The average molecular weight is 237 g/mol. The van der Waals surface area contributed by atoms with Gasteiger partial charge in [-0.2, -0.15) is 0 Å². The van der Waals surface area contributed by atoms with Gasteiger partial charge in [-0.05, 0) is 51.0 Å². The van der Waals surface area contributed by atoms with Crippen LogP contribution in [0.3, 0.4) is 0 Å². The largest absolute Gasteiger partial charge is 0.316 e. The lowest BCUT2D eigenvalue weighted by Crippen LogP contribution is -2.37. The summed E-state index contributed by atoms with van der Waals surface area (Å²) in [5.41, 5.74) is 2.18. The van der Waals surface area contributed by atoms with Crippen molar-refractivity contribution < 1.29 is 0 Å². The smallest absolute Gasteiger partial charge is 0.00451 e. The summed E-state index contributed by atoms with van der Waals surface area (Å²) in [4.78, 5) is 0. The van der Waals surface area contributed by atoms with Crippen LogP contribution in [-0.2, 0) is 0 Å². The van der Waals surface area contributed by atoms with Crippen LogP contribution < -0.4 is 5.32 Å². The number of hydrogen-bond acceptors (Lipinski definition) is 1. The molecule has 0 saturated heterocycles. The van der Waals surface area contributed by atoms with Gasteiger partial charge in [0, 0.05) is 12.0 Å². The number of allylic oxidation sites excluding steroid dienone is 1. The van der Waals surface area contributed by atoms with Crippen LogP contribution >= 0.6 is 0 Å². The summed E-state index contributed by atoms with van der Waals surface area (Å²) >= 11 is 0. The molecule has 1 aliphatic rings. The molecule has 0 aliphatic heterocycles. The Hall–Kier alpha value is -0.300. The van der Waals surface area contributed by atoms with E-state index in [0.717, 1.165) is 12.5 Å². The summed E-state index contributed by atoms with van der Waals surface area (Å²) in [7, 11) is 0. The van der Waals surface area contributed by atoms with Crippen molar-refractivity contribution >= 4 is 0 Å². The third-order valence-corrected chi connectivity index (χ3v) is 4.34. The molecule has 17 heavy (non-hydrogen) atoms. The Balaban J connectivity index is 2.63. The highest BCUT2D eigenvalue weighted by molar-refractivity contribution is 5.17. The lowest BCUT2D eigenvalue weighted by Gasteiger charge is -2.37. The van der Waals surface area contributed by atoms with Crippen molar-refractivity contribution in [2.75, 3.05) is 13.1 Å². The van der Waals surface area contributed by atoms with Gasteiger partial charge in [0.05, 0.1) is 0 Å². The van der Waals surface area contributed by atoms with Crippen molar-refractivity contribution in [3.63, 3.8) is 0 Å². The van der Waals surface area contributed by atoms with E-state index < -0.39 is 0 Å². The molecule has 0 atom stereocenters. The Kier molecular flexibility index (Phi) is 6.26. The van der Waals surface area contributed by atoms with E-state index in [1.807, 2.05) is 0 Å². The molecule has 0 aromatic carbocycles. The van der Waals surface area contributed by atoms with Crippen LogP contribution in [0.25, 0.3) is 0 Å². The van der Waals surface area contributed by atoms with Gasteiger partial charge in [-0.25, -0.2) is 0 Å². The van der Waals surface area contributed by atoms with Gasteiger partial charge in [0.15, 0.2) is 0 Å². The second-order valence-corrected chi connectivity index (χ2v) is 5.99. The summed E-state index contributed by atoms with van der Waals surface area (Å²) in [6.07, 6.45) is 10.5. The third kappa shape index (κ3) is 4.13. The van der Waals surface area contributed by atoms with E-state index in [2.05, 4.69) is 39.1 Å². The van der Waals surface area contributed by atoms with E-state index in [1.54, 1.807) is 5.57 Å². The molecule has 1 nitrogen and oxygen atoms in total. The van der Waals surface area contributed by atoms with E-state index >= 15 is 0 Å². The summed E-state index contributed by atoms with van der Waals surface area (Å²) in [6.45, 7) is 11.6. The van der Waals surface area contributed by atoms with Gasteiger partial charge in [-0.3, -0.25) is 0 Å². The zero-order valence-corrected chi connectivity index (χ0v) is 12.3. The van der Waals surface area contributed by atoms with Crippen molar-refractivity contribution in [2.24, 2.45) is 11.3 Å². The Labute approximate surface area is 108 Å². The van der Waals surface area contributed by atoms with Crippen LogP contribution in [0.1, 0.15) is 66.2 Å². The highest BCUT2D eigenvalue weighted by Gasteiger charge is 2.30. The fraction of sp³-hybridized carbons (Fsp3) is 0.875. The molecule has 0 radical (unpaired) electrons. The molecule has 1 rings (SSSR count). The van der Waals surface area contributed by atoms with Gasteiger partial charge in [-0.1, -0.05) is 39.3 Å². The predicted octanol–water partition coefficient (Wildman–Crippen LogP) is 4.54. The quantitative estimate of drug-likeness (QED) is 0.641. The molecule has 0 bridgehead atoms. The molecular formula is C16H31N. The van der Waals surface area contributed by atoms with Crippen LogP contribution in [-0.4, -0.2) is 13.1 Å². The van der Waals surface area contributed by atoms with Crippen molar-refractivity contribution in [1.82, 2.24) is 5.32 Å². The second kappa shape index (κ2) is 7.20.